The summed E-state index contributed by atoms with van der Waals surface area (Å²) >= 11 is 0. The normalized spacial score (nSPS) is 11.8. The van der Waals surface area contributed by atoms with Gasteiger partial charge in [-0.3, -0.25) is 15.1 Å². The number of nitrogens with zero attached hydrogens (tertiary/aromatic N) is 4. The topological polar surface area (TPSA) is 91.1 Å². The van der Waals surface area contributed by atoms with Crippen LogP contribution in [0.5, 0.6) is 5.75 Å². The van der Waals surface area contributed by atoms with Gasteiger partial charge in [0.1, 0.15) is 5.75 Å². The Morgan fingerprint density at radius 1 is 1.24 bits per heavy atom. The van der Waals surface area contributed by atoms with E-state index in [1.807, 2.05) is 43.3 Å². The molecule has 1 aromatic heterocycles. The lowest BCUT2D eigenvalue weighted by Crippen LogP contribution is -2.24. The predicted molar refractivity (Wildman–Crippen MR) is 92.4 cm³/mol. The number of para-hydroxylation sites is 2. The number of tetrazole rings is 1. The third-order valence-electron chi connectivity index (χ3n) is 3.85. The largest absolute Gasteiger partial charge is 0.495 e. The predicted octanol–water partition coefficient (Wildman–Crippen LogP) is 2.11. The maximum atomic E-state index is 12.9. The number of aromatic nitrogens is 4. The van der Waals surface area contributed by atoms with Gasteiger partial charge in [0, 0.05) is 5.82 Å². The number of ether oxygens (including phenoxy) is 1. The Hall–Kier alpha value is -3.22. The molecule has 0 saturated heterocycles. The number of aryl methyl sites for hydroxylation is 1. The molecule has 0 aliphatic heterocycles. The number of benzene rings is 2. The Balaban J connectivity index is 1.85. The molecule has 3 aromatic rings. The van der Waals surface area contributed by atoms with Crippen LogP contribution in [0.15, 0.2) is 48.5 Å². The molecule has 1 atom stereocenters. The van der Waals surface area contributed by atoms with E-state index >= 15 is 0 Å². The maximum absolute atomic E-state index is 12.9. The molecular weight excluding hydrogens is 318 g/mol. The second kappa shape index (κ2) is 7.57. The fraction of sp³-hybridized carbons (Fsp3) is 0.222. The van der Waals surface area contributed by atoms with E-state index in [4.69, 9.17) is 4.74 Å². The summed E-state index contributed by atoms with van der Waals surface area (Å²) < 4.78 is 5.28. The molecule has 0 bridgehead atoms. The van der Waals surface area contributed by atoms with E-state index in [2.05, 4.69) is 25.9 Å². The van der Waals surface area contributed by atoms with Crippen LogP contribution in [0.25, 0.3) is 0 Å². The van der Waals surface area contributed by atoms with Crippen LogP contribution in [0.3, 0.4) is 0 Å². The second-order valence-corrected chi connectivity index (χ2v) is 5.67. The van der Waals surface area contributed by atoms with Crippen molar-refractivity contribution in [3.8, 4) is 5.75 Å². The minimum absolute atomic E-state index is 0.235. The lowest BCUT2D eigenvalue weighted by atomic mass is 9.96. The minimum Gasteiger partial charge on any atom is -0.495 e. The van der Waals surface area contributed by atoms with Gasteiger partial charge in [-0.1, -0.05) is 42.0 Å². The summed E-state index contributed by atoms with van der Waals surface area (Å²) in [5, 5.41) is 17.7. The number of carbonyl (C=O) groups excluding carboxylic acids is 1. The molecule has 1 N–H and O–H groups in total. The van der Waals surface area contributed by atoms with Crippen molar-refractivity contribution in [2.24, 2.45) is 0 Å². The summed E-state index contributed by atoms with van der Waals surface area (Å²) in [7, 11) is 1.56. The lowest BCUT2D eigenvalue weighted by molar-refractivity contribution is -0.117. The highest BCUT2D eigenvalue weighted by atomic mass is 16.5. The molecule has 0 fully saturated rings. The van der Waals surface area contributed by atoms with Crippen LogP contribution in [0.2, 0.25) is 0 Å². The van der Waals surface area contributed by atoms with Crippen molar-refractivity contribution in [3.63, 3.8) is 0 Å². The third-order valence-corrected chi connectivity index (χ3v) is 3.85. The molecular formula is C18H18N5O2-. The van der Waals surface area contributed by atoms with Gasteiger partial charge in [-0.05, 0) is 31.0 Å². The molecule has 7 nitrogen and oxygen atoms in total. The Labute approximate surface area is 145 Å². The van der Waals surface area contributed by atoms with E-state index in [1.165, 1.54) is 0 Å². The van der Waals surface area contributed by atoms with Crippen molar-refractivity contribution >= 4 is 11.6 Å². The van der Waals surface area contributed by atoms with Gasteiger partial charge in [0.15, 0.2) is 0 Å². The summed E-state index contributed by atoms with van der Waals surface area (Å²) in [6.45, 7) is 2.01. The maximum Gasteiger partial charge on any atom is 0.232 e. The SMILES string of the molecule is COc1ccccc1NC(=O)[C@H](Cc1cccc(C)c1)c1nnn[n-]1. The fourth-order valence-electron chi connectivity index (χ4n) is 2.63. The van der Waals surface area contributed by atoms with Crippen LogP contribution in [-0.2, 0) is 11.2 Å². The summed E-state index contributed by atoms with van der Waals surface area (Å²) in [4.78, 5) is 12.9. The molecule has 0 aliphatic carbocycles. The van der Waals surface area contributed by atoms with Crippen molar-refractivity contribution in [2.75, 3.05) is 12.4 Å². The number of methoxy groups -OCH3 is 1. The number of hydrogen-bond donors (Lipinski definition) is 1. The van der Waals surface area contributed by atoms with Gasteiger partial charge < -0.3 is 15.2 Å². The number of amides is 1. The van der Waals surface area contributed by atoms with Gasteiger partial charge in [-0.25, -0.2) is 0 Å². The van der Waals surface area contributed by atoms with Crippen LogP contribution in [0.1, 0.15) is 22.9 Å². The molecule has 0 unspecified atom stereocenters. The standard InChI is InChI=1S/C18H19N5O2/c1-12-6-5-7-13(10-12)11-14(17-20-22-23-21-17)18(24)19-15-8-3-4-9-16(15)25-2/h3-10,14H,11H2,1-2H3,(H2,19,20,21,22,23,24)/p-1/t14-/m1/s1. The van der Waals surface area contributed by atoms with Crippen molar-refractivity contribution in [2.45, 2.75) is 19.3 Å². The zero-order valence-corrected chi connectivity index (χ0v) is 14.0. The van der Waals surface area contributed by atoms with Crippen LogP contribution < -0.4 is 15.2 Å². The molecule has 0 spiro atoms. The van der Waals surface area contributed by atoms with Gasteiger partial charge in [-0.15, -0.1) is 0 Å². The van der Waals surface area contributed by atoms with E-state index in [9.17, 15) is 4.79 Å². The van der Waals surface area contributed by atoms with Crippen LogP contribution >= 0.6 is 0 Å². The van der Waals surface area contributed by atoms with Crippen LogP contribution in [-0.4, -0.2) is 28.5 Å². The van der Waals surface area contributed by atoms with Gasteiger partial charge in [0.05, 0.1) is 18.7 Å². The average Bonchev–Trinajstić information content (AvgIpc) is 3.14. The minimum atomic E-state index is -0.596. The van der Waals surface area contributed by atoms with Crippen molar-refractivity contribution in [3.05, 3.63) is 65.5 Å². The summed E-state index contributed by atoms with van der Waals surface area (Å²) in [6.07, 6.45) is 0.454. The van der Waals surface area contributed by atoms with E-state index in [-0.39, 0.29) is 5.91 Å². The molecule has 0 radical (unpaired) electrons. The first-order chi connectivity index (χ1) is 12.2. The van der Waals surface area contributed by atoms with E-state index in [0.29, 0.717) is 23.7 Å². The van der Waals surface area contributed by atoms with E-state index in [0.717, 1.165) is 11.1 Å². The number of carbonyl (C=O) groups is 1. The Kier molecular flexibility index (Phi) is 5.03. The van der Waals surface area contributed by atoms with E-state index in [1.54, 1.807) is 19.2 Å². The highest BCUT2D eigenvalue weighted by molar-refractivity contribution is 5.96. The molecule has 3 rings (SSSR count). The van der Waals surface area contributed by atoms with Crippen LogP contribution in [0, 0.1) is 6.92 Å². The summed E-state index contributed by atoms with van der Waals surface area (Å²) in [5.41, 5.74) is 2.74. The quantitative estimate of drug-likeness (QED) is 0.741. The summed E-state index contributed by atoms with van der Waals surface area (Å²) in [6, 6.07) is 15.2. The van der Waals surface area contributed by atoms with Gasteiger partial charge in [0.2, 0.25) is 5.91 Å². The number of hydrogen-bond acceptors (Lipinski definition) is 5. The van der Waals surface area contributed by atoms with Crippen molar-refractivity contribution < 1.29 is 9.53 Å². The van der Waals surface area contributed by atoms with E-state index < -0.39 is 5.92 Å². The molecule has 25 heavy (non-hydrogen) atoms. The smallest absolute Gasteiger partial charge is 0.232 e. The molecule has 128 valence electrons. The number of nitrogens with one attached hydrogen (secondary N) is 1. The number of rotatable bonds is 6. The van der Waals surface area contributed by atoms with Crippen LogP contribution in [0.4, 0.5) is 5.69 Å². The highest BCUT2D eigenvalue weighted by Gasteiger charge is 2.22. The first-order valence-corrected chi connectivity index (χ1v) is 7.85. The second-order valence-electron chi connectivity index (χ2n) is 5.67. The highest BCUT2D eigenvalue weighted by Crippen LogP contribution is 2.26. The number of anilines is 1. The molecule has 0 aliphatic rings. The molecule has 7 heteroatoms. The molecule has 2 aromatic carbocycles. The zero-order chi connectivity index (χ0) is 17.6. The van der Waals surface area contributed by atoms with Gasteiger partial charge >= 0.3 is 0 Å². The Morgan fingerprint density at radius 3 is 2.80 bits per heavy atom. The molecule has 1 heterocycles. The monoisotopic (exact) mass is 336 g/mol. The average molecular weight is 336 g/mol. The Morgan fingerprint density at radius 2 is 2.08 bits per heavy atom. The molecule has 1 amide bonds. The first kappa shape index (κ1) is 16.6. The van der Waals surface area contributed by atoms with Crippen molar-refractivity contribution in [1.82, 2.24) is 20.6 Å². The van der Waals surface area contributed by atoms with Gasteiger partial charge in [0.25, 0.3) is 0 Å². The fourth-order valence-corrected chi connectivity index (χ4v) is 2.63. The third kappa shape index (κ3) is 4.00. The van der Waals surface area contributed by atoms with Crippen molar-refractivity contribution in [1.29, 1.82) is 0 Å². The molecule has 0 saturated carbocycles. The Bertz CT molecular complexity index is 848. The van der Waals surface area contributed by atoms with Gasteiger partial charge in [-0.2, -0.15) is 5.21 Å². The summed E-state index contributed by atoms with van der Waals surface area (Å²) in [5.74, 6) is 0.0567. The first-order valence-electron chi connectivity index (χ1n) is 7.85. The lowest BCUT2D eigenvalue weighted by Gasteiger charge is -2.18. The zero-order valence-electron chi connectivity index (χ0n) is 14.0.